The topological polar surface area (TPSA) is 102 Å². The number of rotatable bonds is 6. The lowest BCUT2D eigenvalue weighted by Crippen LogP contribution is -2.06. The van der Waals surface area contributed by atoms with Gasteiger partial charge < -0.3 is 24.4 Å². The van der Waals surface area contributed by atoms with Gasteiger partial charge in [0.25, 0.3) is 0 Å². The number of benzene rings is 2. The molecule has 0 aliphatic heterocycles. The summed E-state index contributed by atoms with van der Waals surface area (Å²) in [5, 5.41) is 17.2. The molecule has 0 aliphatic rings. The molecule has 134 valence electrons. The standard InChI is InChI=1S/C9H8O4.C9H12O3/c1-6(10)13-8-5-3-2-4-7(8)9(11)12;1-11-8-4-2-3-5-9(8)12-7-6-10/h2-5H,1H3,(H,11,12);2-5,10H,6-7H2,1H3. The van der Waals surface area contributed by atoms with Crippen molar-refractivity contribution in [2.45, 2.75) is 6.92 Å². The third kappa shape index (κ3) is 6.92. The molecule has 0 unspecified atom stereocenters. The van der Waals surface area contributed by atoms with Gasteiger partial charge in [-0.15, -0.1) is 0 Å². The molecular formula is C18H20O7. The molecule has 0 atom stereocenters. The number of aliphatic hydroxyl groups excluding tert-OH is 1. The number of carbonyl (C=O) groups is 2. The highest BCUT2D eigenvalue weighted by Crippen LogP contribution is 2.25. The van der Waals surface area contributed by atoms with Gasteiger partial charge >= 0.3 is 11.9 Å². The molecule has 0 aromatic heterocycles. The van der Waals surface area contributed by atoms with Crippen molar-refractivity contribution in [1.29, 1.82) is 0 Å². The quantitative estimate of drug-likeness (QED) is 0.610. The number of carboxylic acids is 1. The van der Waals surface area contributed by atoms with Crippen LogP contribution in [-0.2, 0) is 4.79 Å². The molecule has 0 fully saturated rings. The maximum atomic E-state index is 10.6. The number of carboxylic acid groups (broad SMARTS) is 1. The number of ether oxygens (including phenoxy) is 3. The second-order valence-corrected chi connectivity index (χ2v) is 4.62. The van der Waals surface area contributed by atoms with Crippen molar-refractivity contribution in [2.24, 2.45) is 0 Å². The number of esters is 1. The summed E-state index contributed by atoms with van der Waals surface area (Å²) >= 11 is 0. The molecule has 0 saturated carbocycles. The van der Waals surface area contributed by atoms with Crippen LogP contribution in [0.25, 0.3) is 0 Å². The normalized spacial score (nSPS) is 9.40. The monoisotopic (exact) mass is 348 g/mol. The van der Waals surface area contributed by atoms with Crippen LogP contribution in [-0.4, -0.2) is 42.5 Å². The Labute approximate surface area is 145 Å². The first-order chi connectivity index (χ1) is 12.0. The molecular weight excluding hydrogens is 328 g/mol. The number of aromatic carboxylic acids is 1. The van der Waals surface area contributed by atoms with Gasteiger partial charge in [0.05, 0.1) is 13.7 Å². The fourth-order valence-corrected chi connectivity index (χ4v) is 1.78. The highest BCUT2D eigenvalue weighted by molar-refractivity contribution is 5.91. The number of carbonyl (C=O) groups excluding carboxylic acids is 1. The molecule has 0 radical (unpaired) electrons. The van der Waals surface area contributed by atoms with E-state index in [9.17, 15) is 9.59 Å². The maximum absolute atomic E-state index is 10.6. The lowest BCUT2D eigenvalue weighted by Gasteiger charge is -2.08. The lowest BCUT2D eigenvalue weighted by molar-refractivity contribution is -0.131. The van der Waals surface area contributed by atoms with Crippen LogP contribution < -0.4 is 14.2 Å². The van der Waals surface area contributed by atoms with Gasteiger partial charge in [0.15, 0.2) is 11.5 Å². The van der Waals surface area contributed by atoms with E-state index in [0.29, 0.717) is 18.1 Å². The predicted molar refractivity (Wildman–Crippen MR) is 90.3 cm³/mol. The molecule has 0 spiro atoms. The Balaban J connectivity index is 0.000000251. The third-order valence-electron chi connectivity index (χ3n) is 2.79. The Kier molecular flexibility index (Phi) is 8.53. The van der Waals surface area contributed by atoms with Crippen LogP contribution in [0.2, 0.25) is 0 Å². The van der Waals surface area contributed by atoms with Gasteiger partial charge in [-0.2, -0.15) is 0 Å². The number of hydrogen-bond acceptors (Lipinski definition) is 6. The largest absolute Gasteiger partial charge is 0.493 e. The predicted octanol–water partition coefficient (Wildman–Crippen LogP) is 2.38. The smallest absolute Gasteiger partial charge is 0.339 e. The van der Waals surface area contributed by atoms with Crippen LogP contribution in [0.5, 0.6) is 17.2 Å². The van der Waals surface area contributed by atoms with Gasteiger partial charge in [-0.25, -0.2) is 4.79 Å². The summed E-state index contributed by atoms with van der Waals surface area (Å²) in [5.74, 6) is -0.229. The van der Waals surface area contributed by atoms with Crippen LogP contribution >= 0.6 is 0 Å². The van der Waals surface area contributed by atoms with E-state index in [1.54, 1.807) is 25.3 Å². The van der Waals surface area contributed by atoms with E-state index in [1.807, 2.05) is 18.2 Å². The molecule has 0 amide bonds. The molecule has 0 saturated heterocycles. The number of hydrogen-bond donors (Lipinski definition) is 2. The minimum absolute atomic E-state index is 0.0120. The molecule has 2 aromatic carbocycles. The molecule has 7 nitrogen and oxygen atoms in total. The zero-order chi connectivity index (χ0) is 18.7. The SMILES string of the molecule is CC(=O)Oc1ccccc1C(=O)O.COc1ccccc1OCCO. The summed E-state index contributed by atoms with van der Waals surface area (Å²) < 4.78 is 14.9. The van der Waals surface area contributed by atoms with Crippen molar-refractivity contribution in [3.8, 4) is 17.2 Å². The zero-order valence-electron chi connectivity index (χ0n) is 14.0. The maximum Gasteiger partial charge on any atom is 0.339 e. The van der Waals surface area contributed by atoms with Crippen molar-refractivity contribution >= 4 is 11.9 Å². The van der Waals surface area contributed by atoms with E-state index in [4.69, 9.17) is 19.7 Å². The minimum atomic E-state index is -1.11. The molecule has 2 rings (SSSR count). The Hall–Kier alpha value is -3.06. The first-order valence-electron chi connectivity index (χ1n) is 7.37. The van der Waals surface area contributed by atoms with Gasteiger partial charge in [0, 0.05) is 6.92 Å². The first kappa shape index (κ1) is 20.0. The first-order valence-corrected chi connectivity index (χ1v) is 7.37. The number of para-hydroxylation sites is 3. The third-order valence-corrected chi connectivity index (χ3v) is 2.79. The van der Waals surface area contributed by atoms with Crippen LogP contribution in [0.3, 0.4) is 0 Å². The van der Waals surface area contributed by atoms with E-state index in [1.165, 1.54) is 19.1 Å². The summed E-state index contributed by atoms with van der Waals surface area (Å²) in [4.78, 5) is 21.2. The van der Waals surface area contributed by atoms with E-state index in [0.717, 1.165) is 0 Å². The number of aliphatic hydroxyl groups is 1. The van der Waals surface area contributed by atoms with Gasteiger partial charge in [-0.3, -0.25) is 4.79 Å². The molecule has 7 heteroatoms. The van der Waals surface area contributed by atoms with E-state index < -0.39 is 11.9 Å². The minimum Gasteiger partial charge on any atom is -0.493 e. The number of methoxy groups -OCH3 is 1. The van der Waals surface area contributed by atoms with Crippen LogP contribution in [0.1, 0.15) is 17.3 Å². The highest BCUT2D eigenvalue weighted by Gasteiger charge is 2.11. The van der Waals surface area contributed by atoms with Crippen LogP contribution in [0.4, 0.5) is 0 Å². The Morgan fingerprint density at radius 2 is 1.52 bits per heavy atom. The van der Waals surface area contributed by atoms with Gasteiger partial charge in [-0.05, 0) is 24.3 Å². The Bertz CT molecular complexity index is 697. The summed E-state index contributed by atoms with van der Waals surface area (Å²) in [6.45, 7) is 1.52. The van der Waals surface area contributed by atoms with Crippen molar-refractivity contribution in [3.63, 3.8) is 0 Å². The summed E-state index contributed by atoms with van der Waals surface area (Å²) in [6, 6.07) is 13.3. The molecule has 0 aliphatic carbocycles. The molecule has 0 bridgehead atoms. The van der Waals surface area contributed by atoms with Crippen LogP contribution in [0.15, 0.2) is 48.5 Å². The summed E-state index contributed by atoms with van der Waals surface area (Å²) in [7, 11) is 1.58. The second-order valence-electron chi connectivity index (χ2n) is 4.62. The van der Waals surface area contributed by atoms with Crippen molar-refractivity contribution in [2.75, 3.05) is 20.3 Å². The fraction of sp³-hybridized carbons (Fsp3) is 0.222. The fourth-order valence-electron chi connectivity index (χ4n) is 1.78. The molecule has 2 aromatic rings. The van der Waals surface area contributed by atoms with E-state index in [-0.39, 0.29) is 17.9 Å². The Morgan fingerprint density at radius 3 is 2.04 bits per heavy atom. The van der Waals surface area contributed by atoms with Gasteiger partial charge in [0.2, 0.25) is 0 Å². The van der Waals surface area contributed by atoms with E-state index in [2.05, 4.69) is 4.74 Å². The highest BCUT2D eigenvalue weighted by atomic mass is 16.5. The molecule has 25 heavy (non-hydrogen) atoms. The average molecular weight is 348 g/mol. The lowest BCUT2D eigenvalue weighted by atomic mass is 10.2. The van der Waals surface area contributed by atoms with Gasteiger partial charge in [-0.1, -0.05) is 24.3 Å². The van der Waals surface area contributed by atoms with Crippen LogP contribution in [0, 0.1) is 0 Å². The zero-order valence-corrected chi connectivity index (χ0v) is 14.0. The average Bonchev–Trinajstić information content (AvgIpc) is 2.60. The van der Waals surface area contributed by atoms with Crippen molar-refractivity contribution in [3.05, 3.63) is 54.1 Å². The molecule has 2 N–H and O–H groups in total. The Morgan fingerprint density at radius 1 is 0.960 bits per heavy atom. The summed E-state index contributed by atoms with van der Waals surface area (Å²) in [5.41, 5.74) is -0.0160. The van der Waals surface area contributed by atoms with E-state index >= 15 is 0 Å². The van der Waals surface area contributed by atoms with Gasteiger partial charge in [0.1, 0.15) is 17.9 Å². The second kappa shape index (κ2) is 10.7. The molecule has 0 heterocycles. The summed E-state index contributed by atoms with van der Waals surface area (Å²) in [6.07, 6.45) is 0. The van der Waals surface area contributed by atoms with Crippen molar-refractivity contribution < 1.29 is 34.0 Å². The van der Waals surface area contributed by atoms with Crippen molar-refractivity contribution in [1.82, 2.24) is 0 Å².